The van der Waals surface area contributed by atoms with E-state index in [9.17, 15) is 4.79 Å². The van der Waals surface area contributed by atoms with Crippen molar-refractivity contribution in [3.05, 3.63) is 23.9 Å². The van der Waals surface area contributed by atoms with E-state index < -0.39 is 11.7 Å². The lowest BCUT2D eigenvalue weighted by molar-refractivity contribution is 0.0523. The van der Waals surface area contributed by atoms with E-state index in [2.05, 4.69) is 32.9 Å². The molecule has 9 heteroatoms. The Bertz CT molecular complexity index is 661. The van der Waals surface area contributed by atoms with Crippen molar-refractivity contribution in [3.63, 3.8) is 0 Å². The molecule has 0 saturated heterocycles. The molecule has 0 fully saturated rings. The lowest BCUT2D eigenvalue weighted by Crippen LogP contribution is -2.48. The van der Waals surface area contributed by atoms with E-state index in [4.69, 9.17) is 4.74 Å². The molecule has 1 rings (SSSR count). The van der Waals surface area contributed by atoms with Gasteiger partial charge < -0.3 is 25.6 Å². The van der Waals surface area contributed by atoms with Gasteiger partial charge in [-0.05, 0) is 44.9 Å². The summed E-state index contributed by atoms with van der Waals surface area (Å²) < 4.78 is 5.33. The molecular formula is C21H39IN6O2. The van der Waals surface area contributed by atoms with Gasteiger partial charge in [0.1, 0.15) is 11.4 Å². The molecule has 1 unspecified atom stereocenters. The number of anilines is 1. The largest absolute Gasteiger partial charge is 0.444 e. The molecule has 0 saturated carbocycles. The van der Waals surface area contributed by atoms with Crippen molar-refractivity contribution >= 4 is 41.8 Å². The van der Waals surface area contributed by atoms with Gasteiger partial charge in [0.15, 0.2) is 5.96 Å². The highest BCUT2D eigenvalue weighted by molar-refractivity contribution is 14.0. The fourth-order valence-corrected chi connectivity index (χ4v) is 2.59. The summed E-state index contributed by atoms with van der Waals surface area (Å²) in [5.74, 6) is 1.61. The van der Waals surface area contributed by atoms with Gasteiger partial charge in [-0.3, -0.25) is 4.99 Å². The number of guanidine groups is 1. The van der Waals surface area contributed by atoms with Crippen LogP contribution in [-0.4, -0.2) is 56.4 Å². The summed E-state index contributed by atoms with van der Waals surface area (Å²) in [7, 11) is 5.68. The second-order valence-corrected chi connectivity index (χ2v) is 8.21. The van der Waals surface area contributed by atoms with Crippen molar-refractivity contribution in [1.29, 1.82) is 0 Å². The van der Waals surface area contributed by atoms with Crippen LogP contribution in [0, 0.1) is 0 Å². The monoisotopic (exact) mass is 534 g/mol. The smallest absolute Gasteiger partial charge is 0.407 e. The molecule has 1 amide bonds. The molecule has 8 nitrogen and oxygen atoms in total. The van der Waals surface area contributed by atoms with Crippen LogP contribution in [0.25, 0.3) is 0 Å². The van der Waals surface area contributed by atoms with E-state index in [0.29, 0.717) is 19.0 Å². The average molecular weight is 534 g/mol. The van der Waals surface area contributed by atoms with Crippen LogP contribution < -0.4 is 20.9 Å². The number of nitrogens with zero attached hydrogens (tertiary/aromatic N) is 3. The first-order valence-corrected chi connectivity index (χ1v) is 10.2. The second-order valence-electron chi connectivity index (χ2n) is 8.21. The highest BCUT2D eigenvalue weighted by atomic mass is 127. The maximum absolute atomic E-state index is 12.0. The van der Waals surface area contributed by atoms with Crippen LogP contribution in [0.5, 0.6) is 0 Å². The molecule has 0 aromatic carbocycles. The number of unbranched alkanes of at least 4 members (excludes halogenated alkanes) is 1. The summed E-state index contributed by atoms with van der Waals surface area (Å²) in [5.41, 5.74) is 0.605. The average Bonchev–Trinajstić information content (AvgIpc) is 2.65. The molecule has 0 spiro atoms. The minimum absolute atomic E-state index is 0. The number of alkyl carbamates (subject to hydrolysis) is 1. The summed E-state index contributed by atoms with van der Waals surface area (Å²) >= 11 is 0. The number of carbonyl (C=O) groups excluding carboxylic acids is 1. The van der Waals surface area contributed by atoms with Crippen LogP contribution in [0.1, 0.15) is 52.5 Å². The van der Waals surface area contributed by atoms with Crippen LogP contribution in [0.2, 0.25) is 0 Å². The van der Waals surface area contributed by atoms with Gasteiger partial charge in [0.25, 0.3) is 0 Å². The van der Waals surface area contributed by atoms with Crippen LogP contribution in [-0.2, 0) is 11.3 Å². The third kappa shape index (κ3) is 12.0. The number of carbonyl (C=O) groups is 1. The van der Waals surface area contributed by atoms with Crippen molar-refractivity contribution in [3.8, 4) is 0 Å². The summed E-state index contributed by atoms with van der Waals surface area (Å²) in [6, 6.07) is 4.08. The zero-order valence-electron chi connectivity index (χ0n) is 19.4. The third-order valence-corrected chi connectivity index (χ3v) is 4.09. The van der Waals surface area contributed by atoms with Crippen molar-refractivity contribution in [2.45, 2.75) is 65.1 Å². The Morgan fingerprint density at radius 1 is 1.30 bits per heavy atom. The Morgan fingerprint density at radius 3 is 2.57 bits per heavy atom. The van der Waals surface area contributed by atoms with Crippen LogP contribution >= 0.6 is 24.0 Å². The highest BCUT2D eigenvalue weighted by Gasteiger charge is 2.18. The first-order chi connectivity index (χ1) is 13.6. The highest BCUT2D eigenvalue weighted by Crippen LogP contribution is 2.09. The maximum Gasteiger partial charge on any atom is 0.407 e. The summed E-state index contributed by atoms with van der Waals surface area (Å²) in [6.45, 7) is 8.81. The number of pyridine rings is 1. The number of aliphatic imine (C=N–C) groups is 1. The fraction of sp³-hybridized carbons (Fsp3) is 0.667. The quantitative estimate of drug-likeness (QED) is 0.255. The molecule has 1 heterocycles. The van der Waals surface area contributed by atoms with Gasteiger partial charge >= 0.3 is 6.09 Å². The van der Waals surface area contributed by atoms with Gasteiger partial charge in [0.2, 0.25) is 0 Å². The Morgan fingerprint density at radius 2 is 2.00 bits per heavy atom. The van der Waals surface area contributed by atoms with Gasteiger partial charge in [-0.15, -0.1) is 24.0 Å². The van der Waals surface area contributed by atoms with E-state index in [1.807, 2.05) is 51.9 Å². The van der Waals surface area contributed by atoms with Crippen molar-refractivity contribution in [2.24, 2.45) is 4.99 Å². The van der Waals surface area contributed by atoms with Crippen molar-refractivity contribution in [2.75, 3.05) is 32.6 Å². The third-order valence-electron chi connectivity index (χ3n) is 4.09. The van der Waals surface area contributed by atoms with Gasteiger partial charge in [0, 0.05) is 46.5 Å². The Balaban J connectivity index is 0.00000841. The van der Waals surface area contributed by atoms with E-state index >= 15 is 0 Å². The number of hydrogen-bond acceptors (Lipinski definition) is 5. The Labute approximate surface area is 198 Å². The maximum atomic E-state index is 12.0. The topological polar surface area (TPSA) is 90.9 Å². The van der Waals surface area contributed by atoms with Gasteiger partial charge in [0.05, 0.1) is 0 Å². The molecule has 3 N–H and O–H groups in total. The number of nitrogens with one attached hydrogen (secondary N) is 3. The van der Waals surface area contributed by atoms with Crippen molar-refractivity contribution in [1.82, 2.24) is 20.9 Å². The minimum atomic E-state index is -0.510. The SMILES string of the molecule is CCCCC(CNC(=O)OC(C)(C)C)NC(=NC)NCc1ccnc(N(C)C)c1.I. The molecule has 0 bridgehead atoms. The number of rotatable bonds is 9. The van der Waals surface area contributed by atoms with E-state index in [1.54, 1.807) is 13.2 Å². The summed E-state index contributed by atoms with van der Waals surface area (Å²) in [6.07, 6.45) is 4.46. The van der Waals surface area contributed by atoms with E-state index in [0.717, 1.165) is 30.6 Å². The van der Waals surface area contributed by atoms with Crippen molar-refractivity contribution < 1.29 is 9.53 Å². The number of aromatic nitrogens is 1. The number of ether oxygens (including phenoxy) is 1. The standard InChI is InChI=1S/C21H38N6O2.HI/c1-8-9-10-17(15-25-20(28)29-21(2,3)4)26-19(22-5)24-14-16-11-12-23-18(13-16)27(6)7;/h11-13,17H,8-10,14-15H2,1-7H3,(H,25,28)(H2,22,24,26);1H. The lowest BCUT2D eigenvalue weighted by Gasteiger charge is -2.24. The first-order valence-electron chi connectivity index (χ1n) is 10.2. The summed E-state index contributed by atoms with van der Waals surface area (Å²) in [5, 5.41) is 9.59. The lowest BCUT2D eigenvalue weighted by atomic mass is 10.1. The van der Waals surface area contributed by atoms with Gasteiger partial charge in [-0.25, -0.2) is 9.78 Å². The molecule has 0 aliphatic rings. The fourth-order valence-electron chi connectivity index (χ4n) is 2.59. The van der Waals surface area contributed by atoms with E-state index in [-0.39, 0.29) is 30.0 Å². The Kier molecular flexibility index (Phi) is 13.4. The number of hydrogen-bond donors (Lipinski definition) is 3. The molecular weight excluding hydrogens is 495 g/mol. The van der Waals surface area contributed by atoms with E-state index in [1.165, 1.54) is 0 Å². The predicted octanol–water partition coefficient (Wildman–Crippen LogP) is 3.51. The molecule has 0 aliphatic heterocycles. The number of amides is 1. The zero-order valence-corrected chi connectivity index (χ0v) is 21.7. The molecule has 0 aliphatic carbocycles. The Hall–Kier alpha value is -1.78. The van der Waals surface area contributed by atoms with Gasteiger partial charge in [-0.1, -0.05) is 19.8 Å². The molecule has 30 heavy (non-hydrogen) atoms. The second kappa shape index (κ2) is 14.3. The molecule has 1 atom stereocenters. The molecule has 1 aromatic heterocycles. The van der Waals surface area contributed by atoms with Crippen LogP contribution in [0.15, 0.2) is 23.3 Å². The van der Waals surface area contributed by atoms with Crippen LogP contribution in [0.4, 0.5) is 10.6 Å². The number of halogens is 1. The van der Waals surface area contributed by atoms with Crippen LogP contribution in [0.3, 0.4) is 0 Å². The molecule has 172 valence electrons. The molecule has 0 radical (unpaired) electrons. The minimum Gasteiger partial charge on any atom is -0.444 e. The summed E-state index contributed by atoms with van der Waals surface area (Å²) in [4.78, 5) is 22.6. The molecule has 1 aromatic rings. The predicted molar refractivity (Wildman–Crippen MR) is 135 cm³/mol. The zero-order chi connectivity index (χ0) is 21.9. The first kappa shape index (κ1) is 28.2. The normalized spacial score (nSPS) is 12.4. The van der Waals surface area contributed by atoms with Gasteiger partial charge in [-0.2, -0.15) is 0 Å².